The molecule has 1 amide bonds. The van der Waals surface area contributed by atoms with Crippen molar-refractivity contribution in [3.05, 3.63) is 28.8 Å². The molecule has 0 bridgehead atoms. The van der Waals surface area contributed by atoms with E-state index in [4.69, 9.17) is 10.6 Å². The molecule has 16 heavy (non-hydrogen) atoms. The fourth-order valence-electron chi connectivity index (χ4n) is 1.47. The summed E-state index contributed by atoms with van der Waals surface area (Å²) < 4.78 is 5.60. The van der Waals surface area contributed by atoms with Crippen LogP contribution in [0, 0.1) is 20.8 Å². The molecule has 4 heteroatoms. The zero-order chi connectivity index (χ0) is 12.1. The molecule has 0 atom stereocenters. The first kappa shape index (κ1) is 12.5. The highest BCUT2D eigenvalue weighted by atomic mass is 16.5. The molecule has 1 aromatic carbocycles. The molecule has 0 unspecified atom stereocenters. The SMILES string of the molecule is Cc1ccc(C)c(OCCC(=O)NN)c1C. The number of nitrogens with two attached hydrogens (primary N) is 1. The number of rotatable bonds is 4. The third-order valence-electron chi connectivity index (χ3n) is 2.61. The zero-order valence-corrected chi connectivity index (χ0v) is 9.96. The lowest BCUT2D eigenvalue weighted by Crippen LogP contribution is -2.31. The molecule has 0 aliphatic rings. The number of hydrogen-bond acceptors (Lipinski definition) is 3. The molecule has 0 fully saturated rings. The molecule has 0 aliphatic carbocycles. The second-order valence-corrected chi connectivity index (χ2v) is 3.82. The highest BCUT2D eigenvalue weighted by Crippen LogP contribution is 2.25. The van der Waals surface area contributed by atoms with E-state index in [9.17, 15) is 4.79 Å². The predicted octanol–water partition coefficient (Wildman–Crippen LogP) is 1.37. The first-order valence-electron chi connectivity index (χ1n) is 5.25. The summed E-state index contributed by atoms with van der Waals surface area (Å²) in [5.74, 6) is 5.63. The van der Waals surface area contributed by atoms with Crippen molar-refractivity contribution in [2.75, 3.05) is 6.61 Å². The minimum Gasteiger partial charge on any atom is -0.492 e. The lowest BCUT2D eigenvalue weighted by Gasteiger charge is -2.13. The second kappa shape index (κ2) is 5.51. The zero-order valence-electron chi connectivity index (χ0n) is 9.96. The van der Waals surface area contributed by atoms with Crippen molar-refractivity contribution in [3.8, 4) is 5.75 Å². The molecular weight excluding hydrogens is 204 g/mol. The van der Waals surface area contributed by atoms with Gasteiger partial charge in [0.2, 0.25) is 5.91 Å². The van der Waals surface area contributed by atoms with Gasteiger partial charge in [-0.15, -0.1) is 0 Å². The Morgan fingerprint density at radius 1 is 1.31 bits per heavy atom. The maximum atomic E-state index is 10.9. The van der Waals surface area contributed by atoms with E-state index in [1.54, 1.807) is 0 Å². The molecule has 88 valence electrons. The molecule has 3 N–H and O–H groups in total. The van der Waals surface area contributed by atoms with Crippen LogP contribution in [0.25, 0.3) is 0 Å². The molecule has 1 rings (SSSR count). The Morgan fingerprint density at radius 2 is 1.94 bits per heavy atom. The molecule has 0 radical (unpaired) electrons. The maximum Gasteiger partial charge on any atom is 0.237 e. The summed E-state index contributed by atoms with van der Waals surface area (Å²) in [6.45, 7) is 6.38. The maximum absolute atomic E-state index is 10.9. The number of amides is 1. The summed E-state index contributed by atoms with van der Waals surface area (Å²) in [6.07, 6.45) is 0.267. The Morgan fingerprint density at radius 3 is 2.56 bits per heavy atom. The van der Waals surface area contributed by atoms with Gasteiger partial charge in [-0.1, -0.05) is 12.1 Å². The normalized spacial score (nSPS) is 10.0. The standard InChI is InChI=1S/C12H18N2O2/c1-8-4-5-9(2)12(10(8)3)16-7-6-11(15)14-13/h4-5H,6-7,13H2,1-3H3,(H,14,15). The largest absolute Gasteiger partial charge is 0.492 e. The van der Waals surface area contributed by atoms with Gasteiger partial charge in [-0.05, 0) is 37.5 Å². The van der Waals surface area contributed by atoms with E-state index in [0.29, 0.717) is 6.61 Å². The fourth-order valence-corrected chi connectivity index (χ4v) is 1.47. The summed E-state index contributed by atoms with van der Waals surface area (Å²) in [6, 6.07) is 4.07. The summed E-state index contributed by atoms with van der Waals surface area (Å²) >= 11 is 0. The van der Waals surface area contributed by atoms with Crippen LogP contribution in [0.15, 0.2) is 12.1 Å². The van der Waals surface area contributed by atoms with Crippen LogP contribution in [0.1, 0.15) is 23.1 Å². The first-order chi connectivity index (χ1) is 7.56. The number of hydrazine groups is 1. The van der Waals surface area contributed by atoms with Crippen molar-refractivity contribution in [2.24, 2.45) is 5.84 Å². The van der Waals surface area contributed by atoms with Crippen molar-refractivity contribution in [1.82, 2.24) is 5.43 Å². The van der Waals surface area contributed by atoms with Gasteiger partial charge in [0.25, 0.3) is 0 Å². The van der Waals surface area contributed by atoms with Crippen molar-refractivity contribution in [1.29, 1.82) is 0 Å². The lowest BCUT2D eigenvalue weighted by molar-refractivity contribution is -0.121. The van der Waals surface area contributed by atoms with E-state index in [1.165, 1.54) is 5.56 Å². The number of benzene rings is 1. The minimum absolute atomic E-state index is 0.219. The molecule has 0 spiro atoms. The quantitative estimate of drug-likeness (QED) is 0.459. The molecule has 0 aromatic heterocycles. The van der Waals surface area contributed by atoms with Crippen LogP contribution >= 0.6 is 0 Å². The van der Waals surface area contributed by atoms with E-state index >= 15 is 0 Å². The lowest BCUT2D eigenvalue weighted by atomic mass is 10.1. The van der Waals surface area contributed by atoms with Crippen LogP contribution in [0.5, 0.6) is 5.75 Å². The third kappa shape index (κ3) is 2.97. The molecule has 0 heterocycles. The van der Waals surface area contributed by atoms with Gasteiger partial charge in [-0.3, -0.25) is 10.2 Å². The minimum atomic E-state index is -0.219. The van der Waals surface area contributed by atoms with Gasteiger partial charge in [-0.25, -0.2) is 5.84 Å². The van der Waals surface area contributed by atoms with Gasteiger partial charge in [0, 0.05) is 0 Å². The van der Waals surface area contributed by atoms with Crippen LogP contribution in [0.2, 0.25) is 0 Å². The van der Waals surface area contributed by atoms with Gasteiger partial charge < -0.3 is 4.74 Å². The van der Waals surface area contributed by atoms with Crippen LogP contribution < -0.4 is 16.0 Å². The number of nitrogens with one attached hydrogen (secondary N) is 1. The first-order valence-corrected chi connectivity index (χ1v) is 5.25. The molecular formula is C12H18N2O2. The summed E-state index contributed by atoms with van der Waals surface area (Å²) in [5, 5.41) is 0. The summed E-state index contributed by atoms with van der Waals surface area (Å²) in [7, 11) is 0. The van der Waals surface area contributed by atoms with E-state index in [1.807, 2.05) is 26.8 Å². The van der Waals surface area contributed by atoms with Gasteiger partial charge in [0.15, 0.2) is 0 Å². The number of ether oxygens (including phenoxy) is 1. The van der Waals surface area contributed by atoms with Crippen molar-refractivity contribution >= 4 is 5.91 Å². The molecule has 1 aromatic rings. The number of carbonyl (C=O) groups is 1. The second-order valence-electron chi connectivity index (χ2n) is 3.82. The monoisotopic (exact) mass is 222 g/mol. The van der Waals surface area contributed by atoms with Crippen molar-refractivity contribution in [2.45, 2.75) is 27.2 Å². The Balaban J connectivity index is 2.67. The van der Waals surface area contributed by atoms with E-state index < -0.39 is 0 Å². The predicted molar refractivity (Wildman–Crippen MR) is 63.1 cm³/mol. The average Bonchev–Trinajstić information content (AvgIpc) is 2.28. The van der Waals surface area contributed by atoms with E-state index in [0.717, 1.165) is 16.9 Å². The third-order valence-corrected chi connectivity index (χ3v) is 2.61. The fraction of sp³-hybridized carbons (Fsp3) is 0.417. The van der Waals surface area contributed by atoms with Gasteiger partial charge in [0.05, 0.1) is 13.0 Å². The van der Waals surface area contributed by atoms with Crippen LogP contribution in [0.3, 0.4) is 0 Å². The molecule has 0 saturated heterocycles. The van der Waals surface area contributed by atoms with E-state index in [-0.39, 0.29) is 12.3 Å². The van der Waals surface area contributed by atoms with Gasteiger partial charge in [0.1, 0.15) is 5.75 Å². The number of aryl methyl sites for hydroxylation is 2. The van der Waals surface area contributed by atoms with Crippen LogP contribution in [-0.2, 0) is 4.79 Å². The number of hydrogen-bond donors (Lipinski definition) is 2. The summed E-state index contributed by atoms with van der Waals surface area (Å²) in [5.41, 5.74) is 5.46. The molecule has 4 nitrogen and oxygen atoms in total. The van der Waals surface area contributed by atoms with E-state index in [2.05, 4.69) is 11.5 Å². The Hall–Kier alpha value is -1.55. The van der Waals surface area contributed by atoms with Crippen LogP contribution in [0.4, 0.5) is 0 Å². The Labute approximate surface area is 95.8 Å². The summed E-state index contributed by atoms with van der Waals surface area (Å²) in [4.78, 5) is 10.9. The average molecular weight is 222 g/mol. The molecule has 0 saturated carbocycles. The Bertz CT molecular complexity index is 389. The van der Waals surface area contributed by atoms with Gasteiger partial charge >= 0.3 is 0 Å². The van der Waals surface area contributed by atoms with Crippen LogP contribution in [-0.4, -0.2) is 12.5 Å². The number of carbonyl (C=O) groups excluding carboxylic acids is 1. The molecule has 0 aliphatic heterocycles. The van der Waals surface area contributed by atoms with Crippen molar-refractivity contribution < 1.29 is 9.53 Å². The van der Waals surface area contributed by atoms with Crippen molar-refractivity contribution in [3.63, 3.8) is 0 Å². The highest BCUT2D eigenvalue weighted by molar-refractivity contribution is 5.75. The highest BCUT2D eigenvalue weighted by Gasteiger charge is 2.07. The topological polar surface area (TPSA) is 64.3 Å². The smallest absolute Gasteiger partial charge is 0.237 e. The Kier molecular flexibility index (Phi) is 4.31. The van der Waals surface area contributed by atoms with Gasteiger partial charge in [-0.2, -0.15) is 0 Å².